The average molecular weight is 903 g/mol. The molecule has 0 unspecified atom stereocenters. The van der Waals surface area contributed by atoms with Gasteiger partial charge in [0.2, 0.25) is 0 Å². The van der Waals surface area contributed by atoms with Gasteiger partial charge in [0.15, 0.2) is 0 Å². The number of unbranched alkanes of at least 4 members (excludes halogenated alkanes) is 14. The van der Waals surface area contributed by atoms with Crippen LogP contribution in [0.1, 0.15) is 122 Å². The lowest BCUT2D eigenvalue weighted by Gasteiger charge is -2.09. The summed E-state index contributed by atoms with van der Waals surface area (Å²) in [5, 5.41) is 0. The van der Waals surface area contributed by atoms with Gasteiger partial charge in [-0.1, -0.05) is 116 Å². The Balaban J connectivity index is 1.64. The van der Waals surface area contributed by atoms with Gasteiger partial charge in [-0.25, -0.2) is 0 Å². The Morgan fingerprint density at radius 3 is 0.778 bits per heavy atom. The molecule has 0 N–H and O–H groups in total. The summed E-state index contributed by atoms with van der Waals surface area (Å²) in [7, 11) is 0. The fourth-order valence-corrected chi connectivity index (χ4v) is 6.29. The third-order valence-corrected chi connectivity index (χ3v) is 9.97. The molecule has 0 amide bonds. The fourth-order valence-electron chi connectivity index (χ4n) is 6.29. The molecule has 0 radical (unpaired) electrons. The summed E-state index contributed by atoms with van der Waals surface area (Å²) in [4.78, 5) is 0. The number of hydrogen-bond acceptors (Lipinski definition) is 13. The number of aryl methyl sites for hydroxylation is 1. The first-order chi connectivity index (χ1) is 31.4. The first-order valence-electron chi connectivity index (χ1n) is 25.0. The van der Waals surface area contributed by atoms with E-state index in [0.717, 1.165) is 25.2 Å². The lowest BCUT2D eigenvalue weighted by atomic mass is 10.0. The molecule has 0 aliphatic carbocycles. The van der Waals surface area contributed by atoms with Crippen LogP contribution in [0.5, 0.6) is 5.75 Å². The van der Waals surface area contributed by atoms with Crippen LogP contribution in [-0.4, -0.2) is 165 Å². The van der Waals surface area contributed by atoms with Gasteiger partial charge in [0.25, 0.3) is 0 Å². The predicted octanol–water partition coefficient (Wildman–Crippen LogP) is 9.09. The van der Waals surface area contributed by atoms with Crippen LogP contribution in [-0.2, 0) is 63.3 Å². The van der Waals surface area contributed by atoms with Gasteiger partial charge in [-0.15, -0.1) is 0 Å². The maximum absolute atomic E-state index is 5.79. The number of benzene rings is 1. The molecule has 0 aliphatic heterocycles. The van der Waals surface area contributed by atoms with Crippen LogP contribution in [0, 0.1) is 0 Å². The zero-order chi connectivity index (χ0) is 44.9. The Morgan fingerprint density at radius 1 is 0.238 bits per heavy atom. The van der Waals surface area contributed by atoms with E-state index >= 15 is 0 Å². The highest BCUT2D eigenvalue weighted by Gasteiger charge is 2.00. The molecule has 13 nitrogen and oxygen atoms in total. The molecule has 0 saturated carbocycles. The van der Waals surface area contributed by atoms with E-state index in [2.05, 4.69) is 38.1 Å². The Morgan fingerprint density at radius 2 is 0.476 bits per heavy atom. The maximum Gasteiger partial charge on any atom is 0.119 e. The number of rotatable bonds is 55. The molecule has 0 heterocycles. The molecule has 1 aromatic carbocycles. The Bertz CT molecular complexity index is 974. The molecule has 0 saturated heterocycles. The predicted molar refractivity (Wildman–Crippen MR) is 251 cm³/mol. The molecule has 13 heteroatoms. The van der Waals surface area contributed by atoms with Crippen LogP contribution in [0.25, 0.3) is 0 Å². The van der Waals surface area contributed by atoms with Crippen LogP contribution in [0.4, 0.5) is 0 Å². The van der Waals surface area contributed by atoms with Crippen molar-refractivity contribution in [2.75, 3.05) is 165 Å². The topological polar surface area (TPSA) is 120 Å². The molecule has 372 valence electrons. The van der Waals surface area contributed by atoms with E-state index in [1.807, 2.05) is 0 Å². The summed E-state index contributed by atoms with van der Waals surface area (Å²) in [6, 6.07) is 8.45. The lowest BCUT2D eigenvalue weighted by molar-refractivity contribution is -0.0285. The first-order valence-corrected chi connectivity index (χ1v) is 25.0. The molecule has 1 rings (SSSR count). The summed E-state index contributed by atoms with van der Waals surface area (Å²) in [5.74, 6) is 0.886. The molecule has 0 spiro atoms. The van der Waals surface area contributed by atoms with Crippen molar-refractivity contribution < 1.29 is 61.6 Å². The van der Waals surface area contributed by atoms with E-state index in [9.17, 15) is 0 Å². The van der Waals surface area contributed by atoms with Crippen molar-refractivity contribution in [2.24, 2.45) is 0 Å². The molecule has 0 bridgehead atoms. The molecule has 0 atom stereocenters. The molecule has 1 aromatic rings. The van der Waals surface area contributed by atoms with Gasteiger partial charge in [0, 0.05) is 6.61 Å². The third kappa shape index (κ3) is 48.3. The smallest absolute Gasteiger partial charge is 0.119 e. The second-order valence-corrected chi connectivity index (χ2v) is 15.5. The molecule has 0 fully saturated rings. The molecule has 63 heavy (non-hydrogen) atoms. The summed E-state index contributed by atoms with van der Waals surface area (Å²) in [5.41, 5.74) is 1.38. The quantitative estimate of drug-likeness (QED) is 0.0579. The summed E-state index contributed by atoms with van der Waals surface area (Å²) in [6.07, 6.45) is 22.5. The van der Waals surface area contributed by atoms with Crippen molar-refractivity contribution in [1.29, 1.82) is 0 Å². The highest BCUT2D eigenvalue weighted by Crippen LogP contribution is 2.15. The van der Waals surface area contributed by atoms with Gasteiger partial charge >= 0.3 is 0 Å². The van der Waals surface area contributed by atoms with Gasteiger partial charge in [0.1, 0.15) is 12.4 Å². The third-order valence-electron chi connectivity index (χ3n) is 9.97. The van der Waals surface area contributed by atoms with Crippen LogP contribution in [0.15, 0.2) is 24.3 Å². The molecular weight excluding hydrogens is 809 g/mol. The summed E-state index contributed by atoms with van der Waals surface area (Å²) < 4.78 is 72.5. The second kappa shape index (κ2) is 53.2. The van der Waals surface area contributed by atoms with Crippen LogP contribution in [0.3, 0.4) is 0 Å². The van der Waals surface area contributed by atoms with Gasteiger partial charge in [-0.2, -0.15) is 0 Å². The molecular formula is C50H94O13. The highest BCUT2D eigenvalue weighted by molar-refractivity contribution is 5.27. The van der Waals surface area contributed by atoms with Gasteiger partial charge in [0.05, 0.1) is 152 Å². The van der Waals surface area contributed by atoms with E-state index in [1.54, 1.807) is 0 Å². The molecule has 0 aliphatic rings. The van der Waals surface area contributed by atoms with Crippen LogP contribution >= 0.6 is 0 Å². The SMILES string of the molecule is CCCCCCCCCCCCOCCOCCOCCOCCOCCOCCOCCOCCOCCOCCOCCOCCOc1ccc(CCCCCCCC)cc1. The summed E-state index contributed by atoms with van der Waals surface area (Å²) in [6.45, 7) is 18.2. The first kappa shape index (κ1) is 59.6. The largest absolute Gasteiger partial charge is 0.491 e. The second-order valence-electron chi connectivity index (χ2n) is 15.5. The van der Waals surface area contributed by atoms with Crippen molar-refractivity contribution in [2.45, 2.75) is 123 Å². The fraction of sp³-hybridized carbons (Fsp3) is 0.880. The Hall–Kier alpha value is -1.46. The van der Waals surface area contributed by atoms with Crippen LogP contribution in [0.2, 0.25) is 0 Å². The van der Waals surface area contributed by atoms with E-state index in [0.29, 0.717) is 159 Å². The highest BCUT2D eigenvalue weighted by atomic mass is 16.6. The Labute approximate surface area is 384 Å². The van der Waals surface area contributed by atoms with E-state index in [1.165, 1.54) is 102 Å². The maximum atomic E-state index is 5.79. The minimum Gasteiger partial charge on any atom is -0.491 e. The van der Waals surface area contributed by atoms with Gasteiger partial charge in [-0.3, -0.25) is 0 Å². The normalized spacial score (nSPS) is 11.6. The van der Waals surface area contributed by atoms with Crippen LogP contribution < -0.4 is 4.74 Å². The Kier molecular flexibility index (Phi) is 50.3. The van der Waals surface area contributed by atoms with Crippen molar-refractivity contribution in [1.82, 2.24) is 0 Å². The van der Waals surface area contributed by atoms with Crippen molar-refractivity contribution in [3.63, 3.8) is 0 Å². The minimum atomic E-state index is 0.512. The summed E-state index contributed by atoms with van der Waals surface area (Å²) >= 11 is 0. The average Bonchev–Trinajstić information content (AvgIpc) is 3.30. The van der Waals surface area contributed by atoms with E-state index in [-0.39, 0.29) is 0 Å². The zero-order valence-electron chi connectivity index (χ0n) is 40.3. The molecule has 0 aromatic heterocycles. The lowest BCUT2D eigenvalue weighted by Crippen LogP contribution is -2.15. The monoisotopic (exact) mass is 903 g/mol. The van der Waals surface area contributed by atoms with Gasteiger partial charge < -0.3 is 61.6 Å². The standard InChI is InChI=1S/C50H94O13/c1-3-5-7-9-11-12-13-14-16-18-24-51-25-26-52-27-28-53-29-30-54-31-32-55-33-34-56-35-36-57-37-38-58-39-40-59-41-42-60-43-44-61-45-46-62-47-48-63-50-22-20-49(21-23-50)19-17-15-10-8-6-4-2/h20-23H,3-19,24-48H2,1-2H3. The minimum absolute atomic E-state index is 0.512. The van der Waals surface area contributed by atoms with Crippen molar-refractivity contribution >= 4 is 0 Å². The van der Waals surface area contributed by atoms with Crippen molar-refractivity contribution in [3.05, 3.63) is 29.8 Å². The van der Waals surface area contributed by atoms with E-state index < -0.39 is 0 Å². The number of hydrogen-bond donors (Lipinski definition) is 0. The zero-order valence-corrected chi connectivity index (χ0v) is 40.3. The number of ether oxygens (including phenoxy) is 13. The van der Waals surface area contributed by atoms with E-state index in [4.69, 9.17) is 61.6 Å². The van der Waals surface area contributed by atoms with Gasteiger partial charge in [-0.05, 0) is 37.0 Å². The van der Waals surface area contributed by atoms with Crippen molar-refractivity contribution in [3.8, 4) is 5.75 Å².